The Morgan fingerprint density at radius 2 is 2.00 bits per heavy atom. The minimum Gasteiger partial charge on any atom is -0.456 e. The van der Waals surface area contributed by atoms with E-state index in [1.54, 1.807) is 12.1 Å². The highest BCUT2D eigenvalue weighted by atomic mass is 16.3. The lowest BCUT2D eigenvalue weighted by Crippen LogP contribution is -2.14. The first-order valence-electron chi connectivity index (χ1n) is 6.72. The Labute approximate surface area is 112 Å². The molecule has 1 saturated carbocycles. The van der Waals surface area contributed by atoms with Crippen molar-refractivity contribution in [3.8, 4) is 0 Å². The molecule has 3 heteroatoms. The predicted octanol–water partition coefficient (Wildman–Crippen LogP) is 3.24. The Balaban J connectivity index is 1.94. The van der Waals surface area contributed by atoms with E-state index in [0.29, 0.717) is 24.0 Å². The molecule has 1 aromatic heterocycles. The Morgan fingerprint density at radius 1 is 1.21 bits per heavy atom. The molecule has 0 spiro atoms. The summed E-state index contributed by atoms with van der Waals surface area (Å²) in [5.41, 5.74) is 7.43. The highest BCUT2D eigenvalue weighted by Gasteiger charge is 2.25. The molecule has 1 heterocycles. The second kappa shape index (κ2) is 5.02. The summed E-state index contributed by atoms with van der Waals surface area (Å²) in [5.74, 6) is 1.52. The van der Waals surface area contributed by atoms with Gasteiger partial charge in [0.1, 0.15) is 5.76 Å². The van der Waals surface area contributed by atoms with Gasteiger partial charge in [0.2, 0.25) is 5.78 Å². The fourth-order valence-corrected chi connectivity index (χ4v) is 2.52. The van der Waals surface area contributed by atoms with Gasteiger partial charge in [0.05, 0.1) is 6.54 Å². The Kier molecular flexibility index (Phi) is 3.22. The van der Waals surface area contributed by atoms with Crippen LogP contribution in [0.5, 0.6) is 0 Å². The number of nitrogens with two attached hydrogens (primary N) is 1. The summed E-state index contributed by atoms with van der Waals surface area (Å²) in [4.78, 5) is 12.5. The van der Waals surface area contributed by atoms with Crippen LogP contribution in [0.15, 0.2) is 40.8 Å². The van der Waals surface area contributed by atoms with Gasteiger partial charge in [-0.3, -0.25) is 4.79 Å². The molecule has 0 saturated heterocycles. The summed E-state index contributed by atoms with van der Waals surface area (Å²) in [6.45, 7) is 0.317. The SMILES string of the molecule is NCc1ccc(C(=O)c2ccccc2C2CCC2)o1. The summed E-state index contributed by atoms with van der Waals surface area (Å²) in [6.07, 6.45) is 3.61. The summed E-state index contributed by atoms with van der Waals surface area (Å²) >= 11 is 0. The van der Waals surface area contributed by atoms with Gasteiger partial charge >= 0.3 is 0 Å². The number of carbonyl (C=O) groups excluding carboxylic acids is 1. The molecule has 0 atom stereocenters. The molecule has 3 nitrogen and oxygen atoms in total. The average molecular weight is 255 g/mol. The van der Waals surface area contributed by atoms with Crippen LogP contribution < -0.4 is 5.73 Å². The molecule has 0 unspecified atom stereocenters. The van der Waals surface area contributed by atoms with Gasteiger partial charge in [-0.2, -0.15) is 0 Å². The van der Waals surface area contributed by atoms with Crippen LogP contribution >= 0.6 is 0 Å². The van der Waals surface area contributed by atoms with E-state index in [1.807, 2.05) is 18.2 Å². The van der Waals surface area contributed by atoms with Crippen LogP contribution in [0.25, 0.3) is 0 Å². The molecular formula is C16H17NO2. The van der Waals surface area contributed by atoms with E-state index in [9.17, 15) is 4.79 Å². The molecule has 0 amide bonds. The zero-order valence-electron chi connectivity index (χ0n) is 10.8. The molecule has 1 aliphatic rings. The zero-order chi connectivity index (χ0) is 13.2. The Hall–Kier alpha value is -1.87. The summed E-state index contributed by atoms with van der Waals surface area (Å²) in [5, 5.41) is 0. The summed E-state index contributed by atoms with van der Waals surface area (Å²) in [7, 11) is 0. The van der Waals surface area contributed by atoms with Crippen molar-refractivity contribution >= 4 is 5.78 Å². The molecule has 2 N–H and O–H groups in total. The fraction of sp³-hybridized carbons (Fsp3) is 0.312. The number of ketones is 1. The third kappa shape index (κ3) is 2.22. The van der Waals surface area contributed by atoms with Gasteiger partial charge in [0, 0.05) is 5.56 Å². The first kappa shape index (κ1) is 12.2. The van der Waals surface area contributed by atoms with E-state index in [1.165, 1.54) is 19.3 Å². The molecule has 19 heavy (non-hydrogen) atoms. The highest BCUT2D eigenvalue weighted by molar-refractivity contribution is 6.08. The lowest BCUT2D eigenvalue weighted by atomic mass is 9.77. The number of hydrogen-bond donors (Lipinski definition) is 1. The van der Waals surface area contributed by atoms with Gasteiger partial charge in [-0.1, -0.05) is 30.7 Å². The van der Waals surface area contributed by atoms with E-state index < -0.39 is 0 Å². The number of benzene rings is 1. The van der Waals surface area contributed by atoms with Gasteiger partial charge in [0.15, 0.2) is 5.76 Å². The van der Waals surface area contributed by atoms with E-state index in [4.69, 9.17) is 10.2 Å². The summed E-state index contributed by atoms with van der Waals surface area (Å²) < 4.78 is 5.46. The quantitative estimate of drug-likeness (QED) is 0.853. The molecular weight excluding hydrogens is 238 g/mol. The van der Waals surface area contributed by atoms with E-state index >= 15 is 0 Å². The second-order valence-corrected chi connectivity index (χ2v) is 5.01. The number of carbonyl (C=O) groups is 1. The lowest BCUT2D eigenvalue weighted by Gasteiger charge is -2.27. The maximum Gasteiger partial charge on any atom is 0.228 e. The van der Waals surface area contributed by atoms with Crippen LogP contribution in [0.3, 0.4) is 0 Å². The molecule has 0 bridgehead atoms. The van der Waals surface area contributed by atoms with Crippen LogP contribution in [0, 0.1) is 0 Å². The normalized spacial score (nSPS) is 15.2. The van der Waals surface area contributed by atoms with Gasteiger partial charge in [-0.15, -0.1) is 0 Å². The van der Waals surface area contributed by atoms with Gasteiger partial charge < -0.3 is 10.2 Å². The van der Waals surface area contributed by atoms with Crippen molar-refractivity contribution in [2.24, 2.45) is 5.73 Å². The molecule has 2 aromatic rings. The van der Waals surface area contributed by atoms with Crippen molar-refractivity contribution in [2.45, 2.75) is 31.7 Å². The summed E-state index contributed by atoms with van der Waals surface area (Å²) in [6, 6.07) is 11.3. The van der Waals surface area contributed by atoms with Crippen molar-refractivity contribution < 1.29 is 9.21 Å². The van der Waals surface area contributed by atoms with Gasteiger partial charge in [-0.25, -0.2) is 0 Å². The molecule has 3 rings (SSSR count). The first-order chi connectivity index (χ1) is 9.29. The van der Waals surface area contributed by atoms with Crippen LogP contribution in [0.1, 0.15) is 52.6 Å². The monoisotopic (exact) mass is 255 g/mol. The molecule has 0 radical (unpaired) electrons. The minimum atomic E-state index is -0.0396. The fourth-order valence-electron chi connectivity index (χ4n) is 2.52. The third-order valence-electron chi connectivity index (χ3n) is 3.84. The smallest absolute Gasteiger partial charge is 0.228 e. The maximum absolute atomic E-state index is 12.5. The predicted molar refractivity (Wildman–Crippen MR) is 73.1 cm³/mol. The zero-order valence-corrected chi connectivity index (χ0v) is 10.8. The standard InChI is InChI=1S/C16H17NO2/c17-10-12-8-9-15(19-12)16(18)14-7-2-1-6-13(14)11-4-3-5-11/h1-2,6-9,11H,3-5,10,17H2. The molecule has 1 aliphatic carbocycles. The Morgan fingerprint density at radius 3 is 2.63 bits per heavy atom. The van der Waals surface area contributed by atoms with Gasteiger partial charge in [0.25, 0.3) is 0 Å². The van der Waals surface area contributed by atoms with Crippen LogP contribution in [0.4, 0.5) is 0 Å². The topological polar surface area (TPSA) is 56.2 Å². The third-order valence-corrected chi connectivity index (χ3v) is 3.84. The number of rotatable bonds is 4. The molecule has 98 valence electrons. The Bertz CT molecular complexity index is 596. The molecule has 1 aromatic carbocycles. The largest absolute Gasteiger partial charge is 0.456 e. The average Bonchev–Trinajstić information content (AvgIpc) is 2.85. The maximum atomic E-state index is 12.5. The van der Waals surface area contributed by atoms with E-state index in [0.717, 1.165) is 11.1 Å². The molecule has 1 fully saturated rings. The van der Waals surface area contributed by atoms with Crippen molar-refractivity contribution in [1.82, 2.24) is 0 Å². The second-order valence-electron chi connectivity index (χ2n) is 5.01. The van der Waals surface area contributed by atoms with E-state index in [-0.39, 0.29) is 5.78 Å². The highest BCUT2D eigenvalue weighted by Crippen LogP contribution is 2.38. The van der Waals surface area contributed by atoms with Crippen molar-refractivity contribution in [3.05, 3.63) is 59.0 Å². The van der Waals surface area contributed by atoms with Crippen molar-refractivity contribution in [2.75, 3.05) is 0 Å². The number of hydrogen-bond acceptors (Lipinski definition) is 3. The van der Waals surface area contributed by atoms with Crippen LogP contribution in [0.2, 0.25) is 0 Å². The molecule has 0 aliphatic heterocycles. The number of furan rings is 1. The van der Waals surface area contributed by atoms with E-state index in [2.05, 4.69) is 6.07 Å². The minimum absolute atomic E-state index is 0.0396. The van der Waals surface area contributed by atoms with Crippen molar-refractivity contribution in [1.29, 1.82) is 0 Å². The van der Waals surface area contributed by atoms with Gasteiger partial charge in [-0.05, 0) is 36.5 Å². The van der Waals surface area contributed by atoms with Crippen LogP contribution in [-0.2, 0) is 6.54 Å². The first-order valence-corrected chi connectivity index (χ1v) is 6.72. The lowest BCUT2D eigenvalue weighted by molar-refractivity contribution is 0.101. The van der Waals surface area contributed by atoms with Crippen molar-refractivity contribution in [3.63, 3.8) is 0 Å². The van der Waals surface area contributed by atoms with Crippen LogP contribution in [-0.4, -0.2) is 5.78 Å².